The van der Waals surface area contributed by atoms with Gasteiger partial charge < -0.3 is 5.11 Å². The second-order valence-corrected chi connectivity index (χ2v) is 7.92. The number of aliphatic hydroxyl groups is 1. The summed E-state index contributed by atoms with van der Waals surface area (Å²) in [5, 5.41) is 15.0. The zero-order valence-corrected chi connectivity index (χ0v) is 14.3. The Balaban J connectivity index is 1.87. The van der Waals surface area contributed by atoms with Gasteiger partial charge in [0, 0.05) is 18.3 Å². The molecule has 4 nitrogen and oxygen atoms in total. The first-order valence-electron chi connectivity index (χ1n) is 6.08. The molecule has 0 aromatic carbocycles. The highest BCUT2D eigenvalue weighted by molar-refractivity contribution is 9.11. The van der Waals surface area contributed by atoms with Crippen LogP contribution in [0.1, 0.15) is 35.1 Å². The van der Waals surface area contributed by atoms with Crippen molar-refractivity contribution < 1.29 is 5.11 Å². The lowest BCUT2D eigenvalue weighted by Crippen LogP contribution is -2.00. The Morgan fingerprint density at radius 2 is 2.26 bits per heavy atom. The predicted molar refractivity (Wildman–Crippen MR) is 81.3 cm³/mol. The Labute approximate surface area is 132 Å². The lowest BCUT2D eigenvalue weighted by Gasteiger charge is -2.06. The molecule has 1 saturated carbocycles. The minimum Gasteiger partial charge on any atom is -0.383 e. The van der Waals surface area contributed by atoms with E-state index in [1.54, 1.807) is 0 Å². The van der Waals surface area contributed by atoms with Crippen LogP contribution in [-0.4, -0.2) is 19.9 Å². The third kappa shape index (κ3) is 2.94. The molecule has 1 aliphatic rings. The van der Waals surface area contributed by atoms with E-state index in [0.717, 1.165) is 32.5 Å². The second kappa shape index (κ2) is 5.27. The van der Waals surface area contributed by atoms with E-state index < -0.39 is 6.10 Å². The number of aliphatic hydroxyl groups excluding tert-OH is 1. The van der Waals surface area contributed by atoms with Crippen LogP contribution in [-0.2, 0) is 6.54 Å². The van der Waals surface area contributed by atoms with Crippen molar-refractivity contribution in [2.75, 3.05) is 0 Å². The number of rotatable bonds is 4. The Morgan fingerprint density at radius 1 is 1.53 bits per heavy atom. The summed E-state index contributed by atoms with van der Waals surface area (Å²) in [6.45, 7) is 2.90. The zero-order valence-electron chi connectivity index (χ0n) is 10.3. The molecule has 0 radical (unpaired) electrons. The van der Waals surface area contributed by atoms with Gasteiger partial charge in [0.1, 0.15) is 10.7 Å². The lowest BCUT2D eigenvalue weighted by molar-refractivity contribution is 0.222. The van der Waals surface area contributed by atoms with Gasteiger partial charge >= 0.3 is 0 Å². The molecule has 1 aliphatic carbocycles. The van der Waals surface area contributed by atoms with E-state index >= 15 is 0 Å². The molecule has 2 heterocycles. The average Bonchev–Trinajstić information content (AvgIpc) is 2.98. The largest absolute Gasteiger partial charge is 0.383 e. The number of hydrogen-bond donors (Lipinski definition) is 1. The second-order valence-electron chi connectivity index (χ2n) is 4.86. The average molecular weight is 407 g/mol. The molecule has 2 aromatic rings. The number of aromatic nitrogens is 3. The SMILES string of the molecule is Cc1nn(CC2CC2)cc1C(O)c1sc(Br)nc1Br. The molecule has 19 heavy (non-hydrogen) atoms. The monoisotopic (exact) mass is 405 g/mol. The Morgan fingerprint density at radius 3 is 2.84 bits per heavy atom. The molecule has 1 unspecified atom stereocenters. The summed E-state index contributed by atoms with van der Waals surface area (Å²) in [6.07, 6.45) is 3.87. The van der Waals surface area contributed by atoms with E-state index in [-0.39, 0.29) is 0 Å². The molecule has 0 aliphatic heterocycles. The topological polar surface area (TPSA) is 50.9 Å². The summed E-state index contributed by atoms with van der Waals surface area (Å²) in [6, 6.07) is 0. The number of hydrogen-bond acceptors (Lipinski definition) is 4. The van der Waals surface area contributed by atoms with Gasteiger partial charge in [0.25, 0.3) is 0 Å². The first-order chi connectivity index (χ1) is 9.04. The van der Waals surface area contributed by atoms with E-state index in [1.807, 2.05) is 17.8 Å². The summed E-state index contributed by atoms with van der Waals surface area (Å²) in [4.78, 5) is 5.02. The van der Waals surface area contributed by atoms with Crippen LogP contribution in [0, 0.1) is 12.8 Å². The summed E-state index contributed by atoms with van der Waals surface area (Å²) in [7, 11) is 0. The van der Waals surface area contributed by atoms with Gasteiger partial charge in [-0.2, -0.15) is 5.10 Å². The van der Waals surface area contributed by atoms with Gasteiger partial charge in [-0.25, -0.2) is 4.98 Å². The molecule has 0 bridgehead atoms. The fraction of sp³-hybridized carbons (Fsp3) is 0.500. The molecule has 7 heteroatoms. The van der Waals surface area contributed by atoms with Crippen LogP contribution in [0.4, 0.5) is 0 Å². The van der Waals surface area contributed by atoms with Crippen LogP contribution in [0.3, 0.4) is 0 Å². The van der Waals surface area contributed by atoms with Crippen molar-refractivity contribution in [3.63, 3.8) is 0 Å². The first-order valence-corrected chi connectivity index (χ1v) is 8.48. The summed E-state index contributed by atoms with van der Waals surface area (Å²) in [5.41, 5.74) is 1.74. The third-order valence-electron chi connectivity index (χ3n) is 3.25. The van der Waals surface area contributed by atoms with Gasteiger partial charge in [0.15, 0.2) is 3.92 Å². The van der Waals surface area contributed by atoms with E-state index in [4.69, 9.17) is 0 Å². The molecule has 0 spiro atoms. The normalized spacial score (nSPS) is 16.8. The van der Waals surface area contributed by atoms with E-state index in [0.29, 0.717) is 4.60 Å². The van der Waals surface area contributed by atoms with Gasteiger partial charge in [0.2, 0.25) is 0 Å². The molecule has 1 N–H and O–H groups in total. The van der Waals surface area contributed by atoms with Crippen molar-refractivity contribution in [2.24, 2.45) is 5.92 Å². The van der Waals surface area contributed by atoms with Crippen molar-refractivity contribution in [1.29, 1.82) is 0 Å². The Hall–Kier alpha value is -0.240. The molecule has 102 valence electrons. The molecule has 0 amide bonds. The van der Waals surface area contributed by atoms with Gasteiger partial charge in [-0.1, -0.05) is 0 Å². The van der Waals surface area contributed by atoms with Gasteiger partial charge in [0.05, 0.1) is 10.6 Å². The maximum absolute atomic E-state index is 10.5. The van der Waals surface area contributed by atoms with Crippen molar-refractivity contribution in [3.8, 4) is 0 Å². The maximum Gasteiger partial charge on any atom is 0.160 e. The van der Waals surface area contributed by atoms with Crippen LogP contribution < -0.4 is 0 Å². The van der Waals surface area contributed by atoms with Gasteiger partial charge in [-0.15, -0.1) is 11.3 Å². The smallest absolute Gasteiger partial charge is 0.160 e. The van der Waals surface area contributed by atoms with Crippen molar-refractivity contribution >= 4 is 43.2 Å². The summed E-state index contributed by atoms with van der Waals surface area (Å²) < 4.78 is 3.40. The van der Waals surface area contributed by atoms with Crippen LogP contribution in [0.5, 0.6) is 0 Å². The third-order valence-corrected chi connectivity index (χ3v) is 5.68. The molecular formula is C12H13Br2N3OS. The molecule has 0 saturated heterocycles. The Kier molecular flexibility index (Phi) is 3.81. The molecule has 2 aromatic heterocycles. The molecular weight excluding hydrogens is 394 g/mol. The van der Waals surface area contributed by atoms with Crippen molar-refractivity contribution in [3.05, 3.63) is 30.9 Å². The van der Waals surface area contributed by atoms with Crippen LogP contribution in [0.15, 0.2) is 14.7 Å². The number of nitrogens with zero attached hydrogens (tertiary/aromatic N) is 3. The van der Waals surface area contributed by atoms with Gasteiger partial charge in [-0.05, 0) is 57.5 Å². The summed E-state index contributed by atoms with van der Waals surface area (Å²) in [5.74, 6) is 0.772. The zero-order chi connectivity index (χ0) is 13.6. The van der Waals surface area contributed by atoms with E-state index in [2.05, 4.69) is 41.9 Å². The molecule has 1 atom stereocenters. The van der Waals surface area contributed by atoms with E-state index in [9.17, 15) is 5.11 Å². The lowest BCUT2D eigenvalue weighted by atomic mass is 10.1. The number of halogens is 2. The molecule has 3 rings (SSSR count). The van der Waals surface area contributed by atoms with Crippen LogP contribution >= 0.6 is 43.2 Å². The minimum atomic E-state index is -0.675. The van der Waals surface area contributed by atoms with Crippen molar-refractivity contribution in [2.45, 2.75) is 32.4 Å². The van der Waals surface area contributed by atoms with E-state index in [1.165, 1.54) is 24.2 Å². The van der Waals surface area contributed by atoms with Gasteiger partial charge in [-0.3, -0.25) is 4.68 Å². The first kappa shape index (κ1) is 13.7. The predicted octanol–water partition coefficient (Wildman–Crippen LogP) is 3.66. The van der Waals surface area contributed by atoms with Crippen LogP contribution in [0.2, 0.25) is 0 Å². The minimum absolute atomic E-state index is 0.675. The van der Waals surface area contributed by atoms with Crippen molar-refractivity contribution in [1.82, 2.24) is 14.8 Å². The maximum atomic E-state index is 10.5. The fourth-order valence-electron chi connectivity index (χ4n) is 2.06. The highest BCUT2D eigenvalue weighted by Crippen LogP contribution is 2.37. The standard InChI is InChI=1S/C12H13Br2N3OS/c1-6-8(5-17(16-6)4-7-2-3-7)9(18)10-11(13)15-12(14)19-10/h5,7,9,18H,2-4H2,1H3. The quantitative estimate of drug-likeness (QED) is 0.842. The highest BCUT2D eigenvalue weighted by atomic mass is 79.9. The van der Waals surface area contributed by atoms with Crippen LogP contribution in [0.25, 0.3) is 0 Å². The number of thiazole rings is 1. The Bertz CT molecular complexity index is 606. The summed E-state index contributed by atoms with van der Waals surface area (Å²) >= 11 is 8.15. The highest BCUT2D eigenvalue weighted by Gasteiger charge is 2.25. The fourth-order valence-corrected chi connectivity index (χ4v) is 4.44. The molecule has 1 fully saturated rings. The number of aryl methyl sites for hydroxylation is 1.